The van der Waals surface area contributed by atoms with Crippen molar-refractivity contribution < 1.29 is 14.2 Å². The van der Waals surface area contributed by atoms with Crippen molar-refractivity contribution in [2.24, 2.45) is 0 Å². The normalized spacial score (nSPS) is 25.2. The van der Waals surface area contributed by atoms with E-state index in [-0.39, 0.29) is 6.04 Å². The molecule has 1 saturated heterocycles. The Labute approximate surface area is 195 Å². The van der Waals surface area contributed by atoms with Crippen molar-refractivity contribution in [2.45, 2.75) is 56.9 Å². The van der Waals surface area contributed by atoms with Crippen molar-refractivity contribution in [1.29, 1.82) is 0 Å². The van der Waals surface area contributed by atoms with Gasteiger partial charge in [0.2, 0.25) is 11.2 Å². The monoisotopic (exact) mass is 479 g/mol. The molecule has 0 bridgehead atoms. The van der Waals surface area contributed by atoms with Crippen LogP contribution in [0.4, 0.5) is 0 Å². The first-order valence-corrected chi connectivity index (χ1v) is 12.9. The third-order valence-electron chi connectivity index (χ3n) is 6.87. The number of nitrogens with zero attached hydrogens (tertiary/aromatic N) is 3. The van der Waals surface area contributed by atoms with E-state index in [2.05, 4.69) is 33.8 Å². The fourth-order valence-corrected chi connectivity index (χ4v) is 6.31. The molecule has 8 nitrogen and oxygen atoms in total. The molecule has 1 atom stereocenters. The average molecular weight is 480 g/mol. The Morgan fingerprint density at radius 3 is 2.72 bits per heavy atom. The highest BCUT2D eigenvalue weighted by atomic mass is 35.5. The van der Waals surface area contributed by atoms with Crippen LogP contribution in [0.25, 0.3) is 11.3 Å². The van der Waals surface area contributed by atoms with Gasteiger partial charge < -0.3 is 4.74 Å². The molecule has 2 aromatic rings. The zero-order valence-electron chi connectivity index (χ0n) is 18.1. The maximum Gasteiger partial charge on any atom is 0.212 e. The van der Waals surface area contributed by atoms with Gasteiger partial charge in [0.25, 0.3) is 0 Å². The number of hydrazine groups is 1. The Morgan fingerprint density at radius 1 is 1.19 bits per heavy atom. The number of rotatable bonds is 6. The van der Waals surface area contributed by atoms with Gasteiger partial charge in [0, 0.05) is 30.6 Å². The number of morpholine rings is 1. The maximum atomic E-state index is 12.5. The lowest BCUT2D eigenvalue weighted by atomic mass is 9.84. The highest BCUT2D eigenvalue weighted by Crippen LogP contribution is 2.39. The van der Waals surface area contributed by atoms with E-state index in [0.29, 0.717) is 32.2 Å². The molecule has 0 radical (unpaired) electrons. The van der Waals surface area contributed by atoms with Crippen LogP contribution in [0.5, 0.6) is 0 Å². The van der Waals surface area contributed by atoms with Crippen LogP contribution in [-0.4, -0.2) is 60.8 Å². The van der Waals surface area contributed by atoms with Crippen LogP contribution in [0, 0.1) is 0 Å². The predicted molar refractivity (Wildman–Crippen MR) is 123 cm³/mol. The second-order valence-electron chi connectivity index (χ2n) is 8.86. The van der Waals surface area contributed by atoms with Crippen LogP contribution in [-0.2, 0) is 28.8 Å². The molecule has 1 saturated carbocycles. The topological polar surface area (TPSA) is 93.7 Å². The Bertz CT molecular complexity index is 972. The first-order valence-electron chi connectivity index (χ1n) is 11.5. The molecule has 1 aliphatic heterocycles. The largest absolute Gasteiger partial charge is 0.379 e. The van der Waals surface area contributed by atoms with Gasteiger partial charge in [-0.15, -0.1) is 0 Å². The van der Waals surface area contributed by atoms with Crippen LogP contribution < -0.4 is 5.43 Å². The summed E-state index contributed by atoms with van der Waals surface area (Å²) in [5, 5.41) is 18.7. The SMILES string of the molecule is O=S(N1CCOCC1)N(O)NC1CCC(c2[nH]nc(-c3ccc4c(c3)CCC4)c2Cl)CC1. The Kier molecular flexibility index (Phi) is 6.94. The lowest BCUT2D eigenvalue weighted by molar-refractivity contribution is -0.0622. The van der Waals surface area contributed by atoms with Gasteiger partial charge in [-0.2, -0.15) is 5.10 Å². The molecule has 1 aromatic carbocycles. The van der Waals surface area contributed by atoms with Gasteiger partial charge in [-0.3, -0.25) is 10.3 Å². The first-order chi connectivity index (χ1) is 15.6. The molecule has 3 N–H and O–H groups in total. The number of nitrogens with one attached hydrogen (secondary N) is 2. The minimum absolute atomic E-state index is 0.0686. The summed E-state index contributed by atoms with van der Waals surface area (Å²) in [5.41, 5.74) is 8.77. The van der Waals surface area contributed by atoms with Gasteiger partial charge in [0.05, 0.1) is 23.9 Å². The summed E-state index contributed by atoms with van der Waals surface area (Å²) in [6.45, 7) is 2.15. The van der Waals surface area contributed by atoms with E-state index in [0.717, 1.165) is 65.1 Å². The molecule has 2 fully saturated rings. The highest BCUT2D eigenvalue weighted by molar-refractivity contribution is 7.79. The number of aromatic amines is 1. The van der Waals surface area contributed by atoms with Gasteiger partial charge in [0.1, 0.15) is 5.69 Å². The minimum atomic E-state index is -1.63. The minimum Gasteiger partial charge on any atom is -0.379 e. The van der Waals surface area contributed by atoms with Crippen molar-refractivity contribution in [3.8, 4) is 11.3 Å². The summed E-state index contributed by atoms with van der Waals surface area (Å²) in [6.07, 6.45) is 7.06. The summed E-state index contributed by atoms with van der Waals surface area (Å²) in [7, 11) is 0. The quantitative estimate of drug-likeness (QED) is 0.552. The van der Waals surface area contributed by atoms with E-state index in [9.17, 15) is 9.42 Å². The van der Waals surface area contributed by atoms with Crippen molar-refractivity contribution in [1.82, 2.24) is 24.5 Å². The molecule has 5 rings (SSSR count). The predicted octanol–water partition coefficient (Wildman–Crippen LogP) is 3.35. The molecule has 2 aliphatic carbocycles. The fourth-order valence-electron chi connectivity index (χ4n) is 5.05. The van der Waals surface area contributed by atoms with Gasteiger partial charge in [-0.25, -0.2) is 13.9 Å². The molecular weight excluding hydrogens is 450 g/mol. The number of hydrogen-bond donors (Lipinski definition) is 3. The van der Waals surface area contributed by atoms with Crippen LogP contribution in [0.2, 0.25) is 5.02 Å². The second kappa shape index (κ2) is 9.89. The van der Waals surface area contributed by atoms with E-state index in [1.54, 1.807) is 4.31 Å². The molecule has 1 unspecified atom stereocenters. The Hall–Kier alpha value is -1.33. The Morgan fingerprint density at radius 2 is 1.94 bits per heavy atom. The molecular formula is C22H30ClN5O3S. The van der Waals surface area contributed by atoms with E-state index in [1.165, 1.54) is 17.5 Å². The number of aromatic nitrogens is 2. The van der Waals surface area contributed by atoms with Crippen LogP contribution in [0.3, 0.4) is 0 Å². The van der Waals surface area contributed by atoms with Crippen molar-refractivity contribution in [3.63, 3.8) is 0 Å². The summed E-state index contributed by atoms with van der Waals surface area (Å²) < 4.78 is 20.2. The number of ether oxygens (including phenoxy) is 1. The molecule has 0 spiro atoms. The van der Waals surface area contributed by atoms with Crippen LogP contribution >= 0.6 is 11.6 Å². The molecule has 174 valence electrons. The van der Waals surface area contributed by atoms with Gasteiger partial charge >= 0.3 is 0 Å². The van der Waals surface area contributed by atoms with Gasteiger partial charge in [0.15, 0.2) is 0 Å². The summed E-state index contributed by atoms with van der Waals surface area (Å²) in [6, 6.07) is 6.64. The lowest BCUT2D eigenvalue weighted by Crippen LogP contribution is -2.51. The molecule has 3 aliphatic rings. The summed E-state index contributed by atoms with van der Waals surface area (Å²) >= 11 is 5.15. The van der Waals surface area contributed by atoms with Crippen LogP contribution in [0.15, 0.2) is 18.2 Å². The molecule has 1 aromatic heterocycles. The smallest absolute Gasteiger partial charge is 0.212 e. The zero-order valence-corrected chi connectivity index (χ0v) is 19.6. The number of hydrogen-bond acceptors (Lipinski definition) is 5. The highest BCUT2D eigenvalue weighted by Gasteiger charge is 2.30. The number of benzene rings is 1. The molecule has 0 amide bonds. The van der Waals surface area contributed by atoms with Crippen LogP contribution in [0.1, 0.15) is 54.8 Å². The first kappa shape index (κ1) is 22.5. The van der Waals surface area contributed by atoms with E-state index < -0.39 is 11.2 Å². The Balaban J connectivity index is 1.18. The van der Waals surface area contributed by atoms with Gasteiger partial charge in [-0.05, 0) is 66.7 Å². The van der Waals surface area contributed by atoms with E-state index >= 15 is 0 Å². The third kappa shape index (κ3) is 4.65. The number of aryl methyl sites for hydroxylation is 2. The van der Waals surface area contributed by atoms with Gasteiger partial charge in [-0.1, -0.05) is 23.7 Å². The second-order valence-corrected chi connectivity index (χ2v) is 10.6. The van der Waals surface area contributed by atoms with E-state index in [4.69, 9.17) is 16.3 Å². The van der Waals surface area contributed by atoms with Crippen molar-refractivity contribution in [2.75, 3.05) is 26.3 Å². The molecule has 10 heteroatoms. The fraction of sp³-hybridized carbons (Fsp3) is 0.591. The van der Waals surface area contributed by atoms with E-state index in [1.807, 2.05) is 0 Å². The lowest BCUT2D eigenvalue weighted by Gasteiger charge is -2.33. The van der Waals surface area contributed by atoms with Crippen molar-refractivity contribution >= 4 is 22.8 Å². The number of halogens is 1. The van der Waals surface area contributed by atoms with Crippen molar-refractivity contribution in [3.05, 3.63) is 40.0 Å². The molecule has 32 heavy (non-hydrogen) atoms. The number of fused-ring (bicyclic) bond motifs is 1. The maximum absolute atomic E-state index is 12.5. The zero-order chi connectivity index (χ0) is 22.1. The average Bonchev–Trinajstić information content (AvgIpc) is 3.45. The molecule has 2 heterocycles. The standard InChI is InChI=1S/C22H30ClN5O3S/c23-20-21(24-25-22(20)18-5-4-15-2-1-3-17(15)14-18)16-6-8-19(9-7-16)26-28(29)32(30)27-10-12-31-13-11-27/h4-5,14,16,19,26,29H,1-3,6-13H2,(H,24,25). The summed E-state index contributed by atoms with van der Waals surface area (Å²) in [4.78, 5) is 0. The number of H-pyrrole nitrogens is 1. The third-order valence-corrected chi connectivity index (χ3v) is 8.46. The summed E-state index contributed by atoms with van der Waals surface area (Å²) in [5.74, 6) is 0.299.